The van der Waals surface area contributed by atoms with Crippen molar-refractivity contribution in [3.63, 3.8) is 0 Å². The molecule has 0 aliphatic carbocycles. The van der Waals surface area contributed by atoms with Gasteiger partial charge in [-0.3, -0.25) is 4.79 Å². The molecule has 1 N–H and O–H groups in total. The number of anilines is 2. The molecule has 0 aromatic heterocycles. The van der Waals surface area contributed by atoms with Gasteiger partial charge in [-0.15, -0.1) is 0 Å². The third-order valence-corrected chi connectivity index (χ3v) is 7.30. The van der Waals surface area contributed by atoms with Gasteiger partial charge in [0.05, 0.1) is 29.5 Å². The van der Waals surface area contributed by atoms with Crippen LogP contribution in [0.5, 0.6) is 11.5 Å². The minimum Gasteiger partial charge on any atom is -0.490 e. The molecular formula is C24H31N3O5S. The summed E-state index contributed by atoms with van der Waals surface area (Å²) in [5.74, 6) is 0.970. The van der Waals surface area contributed by atoms with E-state index in [1.807, 2.05) is 37.2 Å². The van der Waals surface area contributed by atoms with E-state index in [0.29, 0.717) is 49.2 Å². The number of amides is 1. The minimum atomic E-state index is -3.65. The molecule has 0 spiro atoms. The Labute approximate surface area is 195 Å². The molecule has 33 heavy (non-hydrogen) atoms. The SMILES string of the molecule is CCN(CC)S(=O)(=O)c1ccc(N(C)C)c(NC(=O)/C=C/c2ccc3c(c2)OCCCO3)c1. The van der Waals surface area contributed by atoms with Crippen LogP contribution in [0.15, 0.2) is 47.4 Å². The van der Waals surface area contributed by atoms with Gasteiger partial charge >= 0.3 is 0 Å². The van der Waals surface area contributed by atoms with Gasteiger partial charge in [0.25, 0.3) is 0 Å². The van der Waals surface area contributed by atoms with Gasteiger partial charge in [-0.2, -0.15) is 4.31 Å². The Kier molecular flexibility index (Phi) is 7.99. The normalized spacial score (nSPS) is 13.7. The highest BCUT2D eigenvalue weighted by Gasteiger charge is 2.23. The highest BCUT2D eigenvalue weighted by Crippen LogP contribution is 2.31. The summed E-state index contributed by atoms with van der Waals surface area (Å²) in [5, 5.41) is 2.82. The lowest BCUT2D eigenvalue weighted by Gasteiger charge is -2.22. The van der Waals surface area contributed by atoms with Crippen LogP contribution in [0.3, 0.4) is 0 Å². The average Bonchev–Trinajstić information content (AvgIpc) is 3.03. The first-order chi connectivity index (χ1) is 15.8. The maximum absolute atomic E-state index is 12.9. The molecule has 1 aliphatic rings. The van der Waals surface area contributed by atoms with E-state index in [1.54, 1.807) is 32.1 Å². The molecule has 1 amide bonds. The molecule has 0 atom stereocenters. The van der Waals surface area contributed by atoms with Crippen LogP contribution >= 0.6 is 0 Å². The molecule has 0 fully saturated rings. The van der Waals surface area contributed by atoms with E-state index in [-0.39, 0.29) is 10.8 Å². The third kappa shape index (κ3) is 5.85. The van der Waals surface area contributed by atoms with E-state index in [4.69, 9.17) is 9.47 Å². The highest BCUT2D eigenvalue weighted by molar-refractivity contribution is 7.89. The first-order valence-corrected chi connectivity index (χ1v) is 12.4. The molecule has 0 saturated carbocycles. The Bertz CT molecular complexity index is 1120. The lowest BCUT2D eigenvalue weighted by Crippen LogP contribution is -2.30. The van der Waals surface area contributed by atoms with Gasteiger partial charge in [0.15, 0.2) is 11.5 Å². The van der Waals surface area contributed by atoms with Crippen molar-refractivity contribution >= 4 is 33.4 Å². The smallest absolute Gasteiger partial charge is 0.248 e. The number of benzene rings is 2. The summed E-state index contributed by atoms with van der Waals surface area (Å²) in [7, 11) is 0.0117. The summed E-state index contributed by atoms with van der Waals surface area (Å²) in [6.07, 6.45) is 3.90. The molecule has 9 heteroatoms. The number of carbonyl (C=O) groups is 1. The number of ether oxygens (including phenoxy) is 2. The fourth-order valence-electron chi connectivity index (χ4n) is 3.51. The van der Waals surface area contributed by atoms with Gasteiger partial charge in [0, 0.05) is 39.7 Å². The minimum absolute atomic E-state index is 0.138. The Morgan fingerprint density at radius 1 is 1.03 bits per heavy atom. The van der Waals surface area contributed by atoms with Crippen LogP contribution in [-0.4, -0.2) is 59.0 Å². The fraction of sp³-hybridized carbons (Fsp3) is 0.375. The molecule has 8 nitrogen and oxygen atoms in total. The first-order valence-electron chi connectivity index (χ1n) is 11.0. The lowest BCUT2D eigenvalue weighted by atomic mass is 10.2. The first kappa shape index (κ1) is 24.6. The third-order valence-electron chi connectivity index (χ3n) is 5.25. The number of carbonyl (C=O) groups excluding carboxylic acids is 1. The number of rotatable bonds is 8. The van der Waals surface area contributed by atoms with Crippen LogP contribution in [0, 0.1) is 0 Å². The highest BCUT2D eigenvalue weighted by atomic mass is 32.2. The number of hydrogen-bond donors (Lipinski definition) is 1. The van der Waals surface area contributed by atoms with Crippen molar-refractivity contribution in [3.05, 3.63) is 48.0 Å². The Hall–Kier alpha value is -3.04. The Morgan fingerprint density at radius 3 is 2.39 bits per heavy atom. The largest absolute Gasteiger partial charge is 0.490 e. The van der Waals surface area contributed by atoms with Crippen LogP contribution in [0.2, 0.25) is 0 Å². The zero-order valence-electron chi connectivity index (χ0n) is 19.5. The molecule has 0 saturated heterocycles. The zero-order chi connectivity index (χ0) is 24.0. The second kappa shape index (κ2) is 10.7. The van der Waals surface area contributed by atoms with Gasteiger partial charge in [-0.25, -0.2) is 8.42 Å². The summed E-state index contributed by atoms with van der Waals surface area (Å²) >= 11 is 0. The van der Waals surface area contributed by atoms with E-state index in [2.05, 4.69) is 5.32 Å². The summed E-state index contributed by atoms with van der Waals surface area (Å²) in [4.78, 5) is 14.6. The van der Waals surface area contributed by atoms with Crippen molar-refractivity contribution in [1.82, 2.24) is 4.31 Å². The summed E-state index contributed by atoms with van der Waals surface area (Å²) in [6.45, 7) is 5.52. The van der Waals surface area contributed by atoms with Gasteiger partial charge in [0.2, 0.25) is 15.9 Å². The van der Waals surface area contributed by atoms with Crippen molar-refractivity contribution in [2.75, 3.05) is 50.6 Å². The van der Waals surface area contributed by atoms with E-state index < -0.39 is 10.0 Å². The van der Waals surface area contributed by atoms with E-state index >= 15 is 0 Å². The number of nitrogens with zero attached hydrogens (tertiary/aromatic N) is 2. The van der Waals surface area contributed by atoms with Gasteiger partial charge in [-0.1, -0.05) is 19.9 Å². The Balaban J connectivity index is 1.83. The van der Waals surface area contributed by atoms with Gasteiger partial charge in [0.1, 0.15) is 0 Å². The second-order valence-electron chi connectivity index (χ2n) is 7.74. The van der Waals surface area contributed by atoms with Crippen LogP contribution in [0.25, 0.3) is 6.08 Å². The summed E-state index contributed by atoms with van der Waals surface area (Å²) in [6, 6.07) is 10.3. The second-order valence-corrected chi connectivity index (χ2v) is 9.68. The standard InChI is InChI=1S/C24H31N3O5S/c1-5-27(6-2)33(29,30)19-10-11-21(26(3)4)20(17-19)25-24(28)13-9-18-8-12-22-23(16-18)32-15-7-14-31-22/h8-13,16-17H,5-7,14-15H2,1-4H3,(H,25,28)/b13-9+. The number of fused-ring (bicyclic) bond motifs is 1. The van der Waals surface area contributed by atoms with Crippen molar-refractivity contribution in [2.45, 2.75) is 25.2 Å². The summed E-state index contributed by atoms with van der Waals surface area (Å²) < 4.78 is 38.6. The summed E-state index contributed by atoms with van der Waals surface area (Å²) in [5.41, 5.74) is 1.91. The van der Waals surface area contributed by atoms with Gasteiger partial charge in [-0.05, 0) is 42.0 Å². The molecule has 178 valence electrons. The molecule has 2 aromatic rings. The lowest BCUT2D eigenvalue weighted by molar-refractivity contribution is -0.111. The fourth-order valence-corrected chi connectivity index (χ4v) is 4.99. The molecule has 0 radical (unpaired) electrons. The van der Waals surface area contributed by atoms with Crippen molar-refractivity contribution in [1.29, 1.82) is 0 Å². The quantitative estimate of drug-likeness (QED) is 0.590. The maximum atomic E-state index is 12.9. The molecule has 2 aromatic carbocycles. The van der Waals surface area contributed by atoms with E-state index in [1.165, 1.54) is 16.4 Å². The maximum Gasteiger partial charge on any atom is 0.248 e. The monoisotopic (exact) mass is 473 g/mol. The van der Waals surface area contributed by atoms with Crippen molar-refractivity contribution < 1.29 is 22.7 Å². The van der Waals surface area contributed by atoms with E-state index in [0.717, 1.165) is 12.0 Å². The van der Waals surface area contributed by atoms with Crippen molar-refractivity contribution in [2.24, 2.45) is 0 Å². The molecule has 0 bridgehead atoms. The van der Waals surface area contributed by atoms with Crippen LogP contribution < -0.4 is 19.7 Å². The topological polar surface area (TPSA) is 88.2 Å². The van der Waals surface area contributed by atoms with Crippen molar-refractivity contribution in [3.8, 4) is 11.5 Å². The number of hydrogen-bond acceptors (Lipinski definition) is 6. The predicted octanol–water partition coefficient (Wildman–Crippen LogP) is 3.60. The molecular weight excluding hydrogens is 442 g/mol. The van der Waals surface area contributed by atoms with E-state index in [9.17, 15) is 13.2 Å². The zero-order valence-corrected chi connectivity index (χ0v) is 20.3. The molecule has 1 aliphatic heterocycles. The van der Waals surface area contributed by atoms with Gasteiger partial charge < -0.3 is 19.7 Å². The van der Waals surface area contributed by atoms with Crippen LogP contribution in [0.1, 0.15) is 25.8 Å². The average molecular weight is 474 g/mol. The van der Waals surface area contributed by atoms with Crippen LogP contribution in [-0.2, 0) is 14.8 Å². The van der Waals surface area contributed by atoms with Crippen LogP contribution in [0.4, 0.5) is 11.4 Å². The Morgan fingerprint density at radius 2 is 1.73 bits per heavy atom. The number of sulfonamides is 1. The molecule has 0 unspecified atom stereocenters. The molecule has 1 heterocycles. The molecule has 3 rings (SSSR count). The predicted molar refractivity (Wildman–Crippen MR) is 131 cm³/mol. The number of nitrogens with one attached hydrogen (secondary N) is 1.